The Labute approximate surface area is 180 Å². The molecule has 0 bridgehead atoms. The van der Waals surface area contributed by atoms with Gasteiger partial charge in [0.1, 0.15) is 0 Å². The fourth-order valence-corrected chi connectivity index (χ4v) is 3.94. The topological polar surface area (TPSA) is 29.5 Å². The molecule has 8 heteroatoms. The zero-order chi connectivity index (χ0) is 21.4. The van der Waals surface area contributed by atoms with E-state index >= 15 is 0 Å². The molecule has 0 spiro atoms. The molecule has 3 rings (SSSR count). The molecular weight excluding hydrogens is 385 g/mol. The molecule has 0 aromatic heterocycles. The van der Waals surface area contributed by atoms with E-state index in [1.807, 2.05) is 4.90 Å². The highest BCUT2D eigenvalue weighted by atomic mass is 35.5. The second kappa shape index (κ2) is 8.10. The molecule has 0 saturated carbocycles. The molecule has 1 aliphatic rings. The van der Waals surface area contributed by atoms with Crippen LogP contribution in [0.3, 0.4) is 0 Å². The average molecular weight is 411 g/mol. The van der Waals surface area contributed by atoms with Crippen molar-refractivity contribution >= 4 is 41.0 Å². The first-order chi connectivity index (χ1) is 13.5. The van der Waals surface area contributed by atoms with Crippen LogP contribution < -0.4 is 4.74 Å². The summed E-state index contributed by atoms with van der Waals surface area (Å²) in [4.78, 5) is 15.2. The number of halogens is 2. The monoisotopic (exact) mass is 411 g/mol. The Hall–Kier alpha value is -1.88. The van der Waals surface area contributed by atoms with Crippen molar-refractivity contribution in [3.05, 3.63) is 64.4 Å². The number of rotatable bonds is 5. The molecule has 1 atom stereocenters. The summed E-state index contributed by atoms with van der Waals surface area (Å²) in [6.45, 7) is 4.03. The SMILES string of the molecule is BC(B)(B)c1ccc(C2CCCN2C(=O)C(C)(C)Oc2ccc(Cl)cc2F)cc1. The first-order valence-corrected chi connectivity index (χ1v) is 10.4. The zero-order valence-corrected chi connectivity index (χ0v) is 18.5. The van der Waals surface area contributed by atoms with Gasteiger partial charge in [-0.25, -0.2) is 4.39 Å². The van der Waals surface area contributed by atoms with Gasteiger partial charge in [-0.05, 0) is 50.5 Å². The predicted molar refractivity (Wildman–Crippen MR) is 124 cm³/mol. The van der Waals surface area contributed by atoms with E-state index in [0.29, 0.717) is 6.54 Å². The van der Waals surface area contributed by atoms with Crippen molar-refractivity contribution in [1.29, 1.82) is 0 Å². The minimum atomic E-state index is -1.19. The number of amides is 1. The van der Waals surface area contributed by atoms with Gasteiger partial charge in [-0.15, -0.1) is 0 Å². The molecule has 1 unspecified atom stereocenters. The van der Waals surface area contributed by atoms with Crippen molar-refractivity contribution in [2.24, 2.45) is 0 Å². The Morgan fingerprint density at radius 1 is 1.17 bits per heavy atom. The molecule has 0 N–H and O–H groups in total. The molecule has 1 fully saturated rings. The van der Waals surface area contributed by atoms with Crippen LogP contribution in [0.15, 0.2) is 42.5 Å². The fourth-order valence-electron chi connectivity index (χ4n) is 3.78. The summed E-state index contributed by atoms with van der Waals surface area (Å²) in [6, 6.07) is 12.7. The van der Waals surface area contributed by atoms with Crippen LogP contribution in [0, 0.1) is 5.82 Å². The molecule has 0 aliphatic carbocycles. The minimum Gasteiger partial charge on any atom is -0.475 e. The van der Waals surface area contributed by atoms with Crippen LogP contribution in [0.4, 0.5) is 4.39 Å². The molecule has 1 saturated heterocycles. The standard InChI is InChI=1S/C21H26B3ClFNO2/c1-20(2,29-18-10-9-15(25)12-16(18)26)19(28)27-11-3-4-17(27)13-5-7-14(8-6-13)21(22,23)24/h5-10,12,17H,3-4,11,22-24H2,1-2H3. The van der Waals surface area contributed by atoms with Gasteiger partial charge in [0.2, 0.25) is 0 Å². The highest BCUT2D eigenvalue weighted by Crippen LogP contribution is 2.35. The van der Waals surface area contributed by atoms with Gasteiger partial charge in [-0.2, -0.15) is 0 Å². The lowest BCUT2D eigenvalue weighted by molar-refractivity contribution is -0.146. The maximum atomic E-state index is 14.2. The van der Waals surface area contributed by atoms with Gasteiger partial charge in [0.05, 0.1) is 29.6 Å². The smallest absolute Gasteiger partial charge is 0.266 e. The van der Waals surface area contributed by atoms with E-state index in [9.17, 15) is 9.18 Å². The van der Waals surface area contributed by atoms with E-state index in [1.165, 1.54) is 17.7 Å². The van der Waals surface area contributed by atoms with E-state index in [2.05, 4.69) is 47.8 Å². The third-order valence-corrected chi connectivity index (χ3v) is 5.68. The first kappa shape index (κ1) is 21.8. The van der Waals surface area contributed by atoms with Gasteiger partial charge in [0, 0.05) is 11.6 Å². The number of benzene rings is 2. The van der Waals surface area contributed by atoms with Crippen LogP contribution in [-0.4, -0.2) is 46.5 Å². The molecule has 29 heavy (non-hydrogen) atoms. The summed E-state index contributed by atoms with van der Waals surface area (Å²) in [5, 5.41) is 0.375. The third-order valence-electron chi connectivity index (χ3n) is 5.45. The second-order valence-electron chi connectivity index (χ2n) is 9.22. The van der Waals surface area contributed by atoms with Crippen molar-refractivity contribution < 1.29 is 13.9 Å². The van der Waals surface area contributed by atoms with Gasteiger partial charge in [0.25, 0.3) is 5.91 Å². The molecule has 2 aromatic rings. The molecule has 2 aromatic carbocycles. The van der Waals surface area contributed by atoms with E-state index in [0.717, 1.165) is 18.4 Å². The Kier molecular flexibility index (Phi) is 6.10. The van der Waals surface area contributed by atoms with Gasteiger partial charge in [-0.3, -0.25) is 4.79 Å². The van der Waals surface area contributed by atoms with E-state index < -0.39 is 11.4 Å². The van der Waals surface area contributed by atoms with Gasteiger partial charge in [0.15, 0.2) is 17.2 Å². The summed E-state index contributed by atoms with van der Waals surface area (Å²) in [6.07, 6.45) is 1.84. The van der Waals surface area contributed by atoms with Crippen molar-refractivity contribution in [2.45, 2.75) is 43.4 Å². The number of hydrogen-bond acceptors (Lipinski definition) is 2. The Morgan fingerprint density at radius 2 is 1.83 bits per heavy atom. The Bertz CT molecular complexity index is 900. The number of carbonyl (C=O) groups is 1. The Morgan fingerprint density at radius 3 is 2.41 bits per heavy atom. The van der Waals surface area contributed by atoms with Gasteiger partial charge < -0.3 is 9.64 Å². The van der Waals surface area contributed by atoms with Gasteiger partial charge in [-0.1, -0.05) is 46.5 Å². The van der Waals surface area contributed by atoms with Crippen LogP contribution in [0.1, 0.15) is 43.9 Å². The number of ether oxygens (including phenoxy) is 1. The van der Waals surface area contributed by atoms with Crippen LogP contribution in [0.2, 0.25) is 5.02 Å². The fraction of sp³-hybridized carbons (Fsp3) is 0.381. The summed E-state index contributed by atoms with van der Waals surface area (Å²) < 4.78 is 19.9. The molecule has 0 radical (unpaired) electrons. The normalized spacial score (nSPS) is 17.4. The van der Waals surface area contributed by atoms with Crippen LogP contribution >= 0.6 is 11.6 Å². The number of likely N-dealkylation sites (tertiary alicyclic amines) is 1. The summed E-state index contributed by atoms with van der Waals surface area (Å²) in [5.74, 6) is -0.693. The first-order valence-electron chi connectivity index (χ1n) is 10.0. The highest BCUT2D eigenvalue weighted by molar-refractivity contribution is 6.58. The zero-order valence-electron chi connectivity index (χ0n) is 17.8. The van der Waals surface area contributed by atoms with Crippen molar-refractivity contribution in [3.63, 3.8) is 0 Å². The highest BCUT2D eigenvalue weighted by Gasteiger charge is 2.40. The van der Waals surface area contributed by atoms with Crippen molar-refractivity contribution in [3.8, 4) is 5.75 Å². The number of carbonyl (C=O) groups excluding carboxylic acids is 1. The van der Waals surface area contributed by atoms with Crippen molar-refractivity contribution in [2.75, 3.05) is 6.54 Å². The van der Waals surface area contributed by atoms with Crippen LogP contribution in [0.25, 0.3) is 0 Å². The molecule has 1 amide bonds. The molecule has 150 valence electrons. The molecule has 1 aliphatic heterocycles. The maximum Gasteiger partial charge on any atom is 0.266 e. The van der Waals surface area contributed by atoms with Crippen LogP contribution in [0.5, 0.6) is 5.75 Å². The number of hydrogen-bond donors (Lipinski definition) is 0. The molecule has 3 nitrogen and oxygen atoms in total. The lowest BCUT2D eigenvalue weighted by Crippen LogP contribution is -2.48. The summed E-state index contributed by atoms with van der Waals surface area (Å²) in [7, 11) is 6.55. The second-order valence-corrected chi connectivity index (χ2v) is 9.65. The summed E-state index contributed by atoms with van der Waals surface area (Å²) >= 11 is 5.81. The summed E-state index contributed by atoms with van der Waals surface area (Å²) in [5.41, 5.74) is 1.19. The molecular formula is C21H26B3ClFNO2. The van der Waals surface area contributed by atoms with Gasteiger partial charge >= 0.3 is 0 Å². The lowest BCUT2D eigenvalue weighted by atomic mass is 9.40. The Balaban J connectivity index is 1.79. The van der Waals surface area contributed by atoms with Crippen LogP contribution in [-0.2, 0) is 9.91 Å². The average Bonchev–Trinajstić information content (AvgIpc) is 3.12. The van der Waals surface area contributed by atoms with E-state index in [1.54, 1.807) is 19.9 Å². The van der Waals surface area contributed by atoms with Crippen molar-refractivity contribution in [1.82, 2.24) is 4.90 Å². The lowest BCUT2D eigenvalue weighted by Gasteiger charge is -2.34. The van der Waals surface area contributed by atoms with E-state index in [-0.39, 0.29) is 27.8 Å². The maximum absolute atomic E-state index is 14.2. The minimum absolute atomic E-state index is 0.00876. The predicted octanol–water partition coefficient (Wildman–Crippen LogP) is 2.01. The largest absolute Gasteiger partial charge is 0.475 e. The third kappa shape index (κ3) is 4.83. The van der Waals surface area contributed by atoms with E-state index in [4.69, 9.17) is 16.3 Å². The quantitative estimate of drug-likeness (QED) is 0.705. The number of nitrogens with zero attached hydrogens (tertiary/aromatic N) is 1. The molecule has 1 heterocycles.